The normalized spacial score (nSPS) is 14.9. The Morgan fingerprint density at radius 3 is 2.19 bits per heavy atom. The predicted molar refractivity (Wildman–Crippen MR) is 116 cm³/mol. The summed E-state index contributed by atoms with van der Waals surface area (Å²) in [6, 6.07) is 15.6. The minimum absolute atomic E-state index is 0. The summed E-state index contributed by atoms with van der Waals surface area (Å²) in [5.41, 5.74) is 8.25. The number of carbonyl (C=O) groups excluding carboxylic acids is 1. The van der Waals surface area contributed by atoms with Crippen LogP contribution in [0, 0.1) is 0 Å². The third kappa shape index (κ3) is 7.64. The molecule has 5 nitrogen and oxygen atoms in total. The maximum absolute atomic E-state index is 12.5. The van der Waals surface area contributed by atoms with Crippen molar-refractivity contribution in [3.05, 3.63) is 66.0 Å². The van der Waals surface area contributed by atoms with Gasteiger partial charge in [0.25, 0.3) is 0 Å². The number of piperazine rings is 1. The molecule has 1 saturated heterocycles. The first-order chi connectivity index (χ1) is 11.7. The Morgan fingerprint density at radius 1 is 0.963 bits per heavy atom. The second-order valence-corrected chi connectivity index (χ2v) is 6.20. The predicted octanol–water partition coefficient (Wildman–Crippen LogP) is 3.08. The summed E-state index contributed by atoms with van der Waals surface area (Å²) in [5, 5.41) is 0. The lowest BCUT2D eigenvalue weighted by Crippen LogP contribution is -2.48. The van der Waals surface area contributed by atoms with E-state index in [0.29, 0.717) is 6.42 Å². The number of benzene rings is 1. The second kappa shape index (κ2) is 12.9. The molecule has 27 heavy (non-hydrogen) atoms. The fourth-order valence-corrected chi connectivity index (χ4v) is 3.01. The first-order valence-electron chi connectivity index (χ1n) is 8.43. The van der Waals surface area contributed by atoms with Crippen LogP contribution in [0.5, 0.6) is 0 Å². The number of carbonyl (C=O) groups is 1. The van der Waals surface area contributed by atoms with Crippen molar-refractivity contribution < 1.29 is 4.79 Å². The van der Waals surface area contributed by atoms with Crippen molar-refractivity contribution in [2.75, 3.05) is 26.2 Å². The summed E-state index contributed by atoms with van der Waals surface area (Å²) in [4.78, 5) is 21.1. The van der Waals surface area contributed by atoms with E-state index >= 15 is 0 Å². The fraction of sp³-hybridized carbons (Fsp3) is 0.368. The Bertz CT molecular complexity index is 653. The molecule has 3 rings (SSSR count). The van der Waals surface area contributed by atoms with Crippen LogP contribution >= 0.6 is 37.2 Å². The van der Waals surface area contributed by atoms with Crippen LogP contribution in [-0.4, -0.2) is 46.9 Å². The summed E-state index contributed by atoms with van der Waals surface area (Å²) in [7, 11) is 0. The van der Waals surface area contributed by atoms with Crippen molar-refractivity contribution in [2.24, 2.45) is 5.73 Å². The number of hydrogen-bond acceptors (Lipinski definition) is 4. The monoisotopic (exact) mass is 432 g/mol. The van der Waals surface area contributed by atoms with Gasteiger partial charge in [0.1, 0.15) is 0 Å². The first-order valence-corrected chi connectivity index (χ1v) is 8.43. The second-order valence-electron chi connectivity index (χ2n) is 6.20. The van der Waals surface area contributed by atoms with E-state index in [4.69, 9.17) is 5.73 Å². The molecule has 0 aliphatic carbocycles. The third-order valence-corrected chi connectivity index (χ3v) is 4.46. The maximum Gasteiger partial charge on any atom is 0.224 e. The molecule has 2 heterocycles. The zero-order valence-electron chi connectivity index (χ0n) is 15.1. The van der Waals surface area contributed by atoms with Gasteiger partial charge < -0.3 is 10.6 Å². The molecule has 1 aliphatic rings. The molecule has 1 atom stereocenters. The number of aromatic nitrogens is 1. The molecule has 1 aromatic carbocycles. The molecule has 2 N–H and O–H groups in total. The molecule has 2 aromatic rings. The van der Waals surface area contributed by atoms with Crippen LogP contribution in [0.2, 0.25) is 0 Å². The smallest absolute Gasteiger partial charge is 0.224 e. The van der Waals surface area contributed by atoms with Crippen molar-refractivity contribution in [1.29, 1.82) is 0 Å². The molecule has 1 unspecified atom stereocenters. The molecule has 1 fully saturated rings. The van der Waals surface area contributed by atoms with E-state index in [1.807, 2.05) is 59.6 Å². The van der Waals surface area contributed by atoms with Gasteiger partial charge in [-0.2, -0.15) is 0 Å². The van der Waals surface area contributed by atoms with Crippen LogP contribution in [-0.2, 0) is 11.3 Å². The van der Waals surface area contributed by atoms with Gasteiger partial charge in [-0.05, 0) is 17.7 Å². The van der Waals surface area contributed by atoms with E-state index in [1.54, 1.807) is 0 Å². The van der Waals surface area contributed by atoms with Crippen LogP contribution in [0.25, 0.3) is 0 Å². The van der Waals surface area contributed by atoms with Crippen LogP contribution in [0.3, 0.4) is 0 Å². The van der Waals surface area contributed by atoms with Gasteiger partial charge in [-0.25, -0.2) is 0 Å². The van der Waals surface area contributed by atoms with Crippen molar-refractivity contribution >= 4 is 43.1 Å². The SMILES string of the molecule is Cl.Cl.Cl.NC(CC(=O)N1CCN(Cc2ccccn2)CC1)c1ccccc1. The van der Waals surface area contributed by atoms with E-state index in [-0.39, 0.29) is 49.2 Å². The van der Waals surface area contributed by atoms with Gasteiger partial charge in [-0.15, -0.1) is 37.2 Å². The molecule has 0 radical (unpaired) electrons. The van der Waals surface area contributed by atoms with Crippen LogP contribution < -0.4 is 5.73 Å². The number of nitrogens with two attached hydrogens (primary N) is 1. The molecule has 1 amide bonds. The third-order valence-electron chi connectivity index (χ3n) is 4.46. The van der Waals surface area contributed by atoms with E-state index in [1.165, 1.54) is 0 Å². The van der Waals surface area contributed by atoms with Crippen LogP contribution in [0.15, 0.2) is 54.7 Å². The largest absolute Gasteiger partial charge is 0.340 e. The number of amides is 1. The van der Waals surface area contributed by atoms with Crippen molar-refractivity contribution in [3.8, 4) is 0 Å². The van der Waals surface area contributed by atoms with Crippen molar-refractivity contribution in [2.45, 2.75) is 19.0 Å². The Hall–Kier alpha value is -1.37. The highest BCUT2D eigenvalue weighted by Crippen LogP contribution is 2.16. The Balaban J connectivity index is 0.00000225. The molecular formula is C19H27Cl3N4O. The zero-order valence-corrected chi connectivity index (χ0v) is 17.5. The zero-order chi connectivity index (χ0) is 16.8. The standard InChI is InChI=1S/C19H24N4O.3ClH/c20-18(16-6-2-1-3-7-16)14-19(24)23-12-10-22(11-13-23)15-17-8-4-5-9-21-17;;;/h1-9,18H,10-15,20H2;3*1H. The molecule has 1 aliphatic heterocycles. The van der Waals surface area contributed by atoms with Gasteiger partial charge in [0.15, 0.2) is 0 Å². The molecule has 0 spiro atoms. The number of pyridine rings is 1. The van der Waals surface area contributed by atoms with Crippen LogP contribution in [0.4, 0.5) is 0 Å². The molecule has 0 bridgehead atoms. The highest BCUT2D eigenvalue weighted by Gasteiger charge is 2.23. The summed E-state index contributed by atoms with van der Waals surface area (Å²) in [6.07, 6.45) is 2.18. The number of halogens is 3. The average molecular weight is 434 g/mol. The summed E-state index contributed by atoms with van der Waals surface area (Å²) < 4.78 is 0. The van der Waals surface area contributed by atoms with Gasteiger partial charge in [0, 0.05) is 51.4 Å². The van der Waals surface area contributed by atoms with E-state index in [9.17, 15) is 4.79 Å². The molecular weight excluding hydrogens is 407 g/mol. The summed E-state index contributed by atoms with van der Waals surface area (Å²) in [5.74, 6) is 0.142. The highest BCUT2D eigenvalue weighted by atomic mass is 35.5. The fourth-order valence-electron chi connectivity index (χ4n) is 3.01. The Morgan fingerprint density at radius 2 is 1.59 bits per heavy atom. The van der Waals surface area contributed by atoms with E-state index in [2.05, 4.69) is 9.88 Å². The lowest BCUT2D eigenvalue weighted by atomic mass is 10.0. The van der Waals surface area contributed by atoms with Gasteiger partial charge in [-0.1, -0.05) is 36.4 Å². The molecule has 8 heteroatoms. The lowest BCUT2D eigenvalue weighted by molar-refractivity contribution is -0.133. The van der Waals surface area contributed by atoms with Gasteiger partial charge in [0.05, 0.1) is 5.69 Å². The van der Waals surface area contributed by atoms with E-state index in [0.717, 1.165) is 44.0 Å². The quantitative estimate of drug-likeness (QED) is 0.787. The summed E-state index contributed by atoms with van der Waals surface area (Å²) >= 11 is 0. The Kier molecular flexibility index (Phi) is 12.3. The number of nitrogens with zero attached hydrogens (tertiary/aromatic N) is 3. The minimum atomic E-state index is -0.231. The van der Waals surface area contributed by atoms with Gasteiger partial charge in [0.2, 0.25) is 5.91 Å². The molecule has 1 aromatic heterocycles. The molecule has 150 valence electrons. The average Bonchev–Trinajstić information content (AvgIpc) is 2.64. The van der Waals surface area contributed by atoms with E-state index < -0.39 is 0 Å². The van der Waals surface area contributed by atoms with Crippen molar-refractivity contribution in [3.63, 3.8) is 0 Å². The maximum atomic E-state index is 12.5. The number of rotatable bonds is 5. The Labute approximate surface area is 179 Å². The van der Waals surface area contributed by atoms with Gasteiger partial charge in [-0.3, -0.25) is 14.7 Å². The van der Waals surface area contributed by atoms with Crippen LogP contribution in [0.1, 0.15) is 23.7 Å². The van der Waals surface area contributed by atoms with Gasteiger partial charge >= 0.3 is 0 Å². The molecule has 0 saturated carbocycles. The number of hydrogen-bond donors (Lipinski definition) is 1. The highest BCUT2D eigenvalue weighted by molar-refractivity contribution is 5.86. The van der Waals surface area contributed by atoms with Crippen molar-refractivity contribution in [1.82, 2.24) is 14.8 Å². The lowest BCUT2D eigenvalue weighted by Gasteiger charge is -2.35. The summed E-state index contributed by atoms with van der Waals surface area (Å²) in [6.45, 7) is 4.11. The minimum Gasteiger partial charge on any atom is -0.340 e. The first kappa shape index (κ1) is 25.6. The topological polar surface area (TPSA) is 62.5 Å².